The number of pyridine rings is 1. The van der Waals surface area contributed by atoms with Crippen molar-refractivity contribution in [1.29, 1.82) is 0 Å². The summed E-state index contributed by atoms with van der Waals surface area (Å²) in [5, 5.41) is 0. The molecule has 7 nitrogen and oxygen atoms in total. The normalized spacial score (nSPS) is 25.8. The molecule has 3 aromatic rings. The number of nitrogens with zero attached hydrogens (tertiary/aromatic N) is 4. The maximum Gasteiger partial charge on any atom is 0.275 e. The Labute approximate surface area is 198 Å². The van der Waals surface area contributed by atoms with E-state index in [4.69, 9.17) is 4.74 Å². The zero-order chi connectivity index (χ0) is 23.2. The Kier molecular flexibility index (Phi) is 3.90. The number of carbonyl (C=O) groups is 1. The highest BCUT2D eigenvalue weighted by Crippen LogP contribution is 2.61. The first-order chi connectivity index (χ1) is 16.4. The second-order valence-electron chi connectivity index (χ2n) is 10.8. The monoisotopic (exact) mass is 456 g/mol. The number of hydrogen-bond donors (Lipinski definition) is 0. The first kappa shape index (κ1) is 20.1. The molecule has 0 radical (unpaired) electrons. The summed E-state index contributed by atoms with van der Waals surface area (Å²) in [7, 11) is 0. The molecule has 0 bridgehead atoms. The van der Waals surface area contributed by atoms with Crippen LogP contribution in [0.5, 0.6) is 5.75 Å². The lowest BCUT2D eigenvalue weighted by atomic mass is 9.86. The van der Waals surface area contributed by atoms with Gasteiger partial charge < -0.3 is 18.8 Å². The van der Waals surface area contributed by atoms with Gasteiger partial charge in [-0.1, -0.05) is 19.1 Å². The van der Waals surface area contributed by atoms with Gasteiger partial charge in [-0.15, -0.1) is 0 Å². The van der Waals surface area contributed by atoms with Crippen LogP contribution in [0, 0.1) is 12.8 Å². The summed E-state index contributed by atoms with van der Waals surface area (Å²) >= 11 is 0. The largest absolute Gasteiger partial charge is 0.493 e. The van der Waals surface area contributed by atoms with Crippen molar-refractivity contribution in [2.75, 3.05) is 19.7 Å². The summed E-state index contributed by atoms with van der Waals surface area (Å²) in [6, 6.07) is 10.2. The zero-order valence-corrected chi connectivity index (χ0v) is 19.6. The van der Waals surface area contributed by atoms with Gasteiger partial charge in [0.25, 0.3) is 11.5 Å². The van der Waals surface area contributed by atoms with Gasteiger partial charge in [-0.25, -0.2) is 4.98 Å². The van der Waals surface area contributed by atoms with E-state index in [-0.39, 0.29) is 16.9 Å². The minimum Gasteiger partial charge on any atom is -0.493 e. The maximum absolute atomic E-state index is 13.5. The van der Waals surface area contributed by atoms with E-state index < -0.39 is 0 Å². The van der Waals surface area contributed by atoms with Crippen LogP contribution in [0.15, 0.2) is 47.7 Å². The van der Waals surface area contributed by atoms with Gasteiger partial charge in [0, 0.05) is 42.7 Å². The average Bonchev–Trinajstić information content (AvgIpc) is 3.72. The Morgan fingerprint density at radius 1 is 1.15 bits per heavy atom. The van der Waals surface area contributed by atoms with Crippen LogP contribution in [-0.4, -0.2) is 44.6 Å². The minimum atomic E-state index is -0.149. The topological polar surface area (TPSA) is 69.4 Å². The number of hydrogen-bond acceptors (Lipinski definition) is 4. The molecule has 2 aliphatic carbocycles. The van der Waals surface area contributed by atoms with Gasteiger partial charge in [0.15, 0.2) is 0 Å². The molecule has 2 fully saturated rings. The number of ether oxygens (including phenoxy) is 1. The second-order valence-corrected chi connectivity index (χ2v) is 10.8. The van der Waals surface area contributed by atoms with Gasteiger partial charge in [0.1, 0.15) is 17.1 Å². The first-order valence-electron chi connectivity index (χ1n) is 12.2. The lowest BCUT2D eigenvalue weighted by Gasteiger charge is -2.35. The van der Waals surface area contributed by atoms with E-state index in [9.17, 15) is 9.59 Å². The fraction of sp³-hybridized carbons (Fsp3) is 0.444. The van der Waals surface area contributed by atoms with Gasteiger partial charge >= 0.3 is 0 Å². The number of imidazole rings is 1. The number of amides is 1. The Bertz CT molecular complexity index is 1420. The van der Waals surface area contributed by atoms with Crippen LogP contribution in [0.25, 0.3) is 5.69 Å². The van der Waals surface area contributed by atoms with E-state index in [0.29, 0.717) is 42.3 Å². The summed E-state index contributed by atoms with van der Waals surface area (Å²) in [5.74, 6) is 1.37. The summed E-state index contributed by atoms with van der Waals surface area (Å²) in [5.41, 5.74) is 4.62. The first-order valence-corrected chi connectivity index (χ1v) is 12.2. The third kappa shape index (κ3) is 2.79. The third-order valence-electron chi connectivity index (χ3n) is 8.60. The SMILES string of the molecule is Cc1cn(-c2ccc3n(c2=O)CCN(C[C@@]24C[C@@H]2COc2ccc(C5(C)CC5)cc24)C3=O)cn1. The van der Waals surface area contributed by atoms with Crippen LogP contribution < -0.4 is 10.3 Å². The standard InChI is InChI=1S/C27H28N4O3/c1-17-13-30(16-28-17)21-4-5-22-24(32)29(9-10-31(22)25(21)33)15-27-12-19(27)14-34-23-6-3-18(11-20(23)27)26(2)7-8-26/h3-6,11,13,16,19H,7-10,12,14-15H2,1-2H3/t19-,27+/m1/s1. The van der Waals surface area contributed by atoms with E-state index >= 15 is 0 Å². The van der Waals surface area contributed by atoms with Gasteiger partial charge in [-0.3, -0.25) is 9.59 Å². The molecular weight excluding hydrogens is 428 g/mol. The molecule has 0 unspecified atom stereocenters. The van der Waals surface area contributed by atoms with E-state index in [2.05, 4.69) is 30.1 Å². The molecule has 0 N–H and O–H groups in total. The van der Waals surface area contributed by atoms with Gasteiger partial charge in [-0.05, 0) is 55.4 Å². The lowest BCUT2D eigenvalue weighted by Crippen LogP contribution is -2.48. The van der Waals surface area contributed by atoms with Crippen LogP contribution in [-0.2, 0) is 17.4 Å². The second kappa shape index (κ2) is 6.62. The minimum absolute atomic E-state index is 0.0265. The number of carbonyl (C=O) groups excluding carboxylic acids is 1. The highest BCUT2D eigenvalue weighted by Gasteiger charge is 2.60. The zero-order valence-electron chi connectivity index (χ0n) is 19.6. The highest BCUT2D eigenvalue weighted by molar-refractivity contribution is 5.93. The van der Waals surface area contributed by atoms with Crippen molar-refractivity contribution in [3.05, 3.63) is 75.7 Å². The van der Waals surface area contributed by atoms with Crippen molar-refractivity contribution in [3.8, 4) is 11.4 Å². The Hall–Kier alpha value is -3.35. The summed E-state index contributed by atoms with van der Waals surface area (Å²) < 4.78 is 9.43. The van der Waals surface area contributed by atoms with E-state index in [0.717, 1.165) is 24.5 Å². The maximum atomic E-state index is 13.5. The van der Waals surface area contributed by atoms with Crippen molar-refractivity contribution in [3.63, 3.8) is 0 Å². The molecular formula is C27H28N4O3. The van der Waals surface area contributed by atoms with Crippen molar-refractivity contribution >= 4 is 5.91 Å². The number of aromatic nitrogens is 3. The van der Waals surface area contributed by atoms with Gasteiger partial charge in [0.05, 0.1) is 18.6 Å². The molecule has 1 amide bonds. The molecule has 0 saturated heterocycles. The number of rotatable bonds is 4. The lowest BCUT2D eigenvalue weighted by molar-refractivity contribution is 0.0670. The Morgan fingerprint density at radius 2 is 2.00 bits per heavy atom. The molecule has 4 aliphatic rings. The molecule has 2 saturated carbocycles. The number of fused-ring (bicyclic) bond motifs is 4. The molecule has 2 atom stereocenters. The van der Waals surface area contributed by atoms with Gasteiger partial charge in [0.2, 0.25) is 0 Å². The molecule has 2 aromatic heterocycles. The predicted octanol–water partition coefficient (Wildman–Crippen LogP) is 3.20. The summed E-state index contributed by atoms with van der Waals surface area (Å²) in [4.78, 5) is 32.9. The molecule has 0 spiro atoms. The molecule has 34 heavy (non-hydrogen) atoms. The molecule has 174 valence electrons. The molecule has 2 aliphatic heterocycles. The van der Waals surface area contributed by atoms with Crippen LogP contribution in [0.3, 0.4) is 0 Å². The molecule has 1 aromatic carbocycles. The van der Waals surface area contributed by atoms with Crippen LogP contribution in [0.2, 0.25) is 0 Å². The number of aryl methyl sites for hydroxylation is 1. The summed E-state index contributed by atoms with van der Waals surface area (Å²) in [6.07, 6.45) is 6.99. The predicted molar refractivity (Wildman–Crippen MR) is 127 cm³/mol. The smallest absolute Gasteiger partial charge is 0.275 e. The van der Waals surface area contributed by atoms with Crippen LogP contribution in [0.4, 0.5) is 0 Å². The fourth-order valence-electron chi connectivity index (χ4n) is 6.00. The fourth-order valence-corrected chi connectivity index (χ4v) is 6.00. The average molecular weight is 457 g/mol. The Balaban J connectivity index is 1.20. The van der Waals surface area contributed by atoms with Crippen molar-refractivity contribution in [2.24, 2.45) is 5.92 Å². The molecule has 7 heteroatoms. The van der Waals surface area contributed by atoms with E-state index in [1.807, 2.05) is 18.0 Å². The Morgan fingerprint density at radius 3 is 2.76 bits per heavy atom. The van der Waals surface area contributed by atoms with Crippen molar-refractivity contribution < 1.29 is 9.53 Å². The van der Waals surface area contributed by atoms with Crippen molar-refractivity contribution in [1.82, 2.24) is 19.0 Å². The van der Waals surface area contributed by atoms with Crippen LogP contribution >= 0.6 is 0 Å². The third-order valence-corrected chi connectivity index (χ3v) is 8.60. The van der Waals surface area contributed by atoms with Crippen molar-refractivity contribution in [2.45, 2.75) is 50.5 Å². The van der Waals surface area contributed by atoms with E-state index in [1.54, 1.807) is 27.6 Å². The molecule has 4 heterocycles. The molecule has 7 rings (SSSR count). The van der Waals surface area contributed by atoms with Crippen LogP contribution in [0.1, 0.15) is 53.5 Å². The van der Waals surface area contributed by atoms with E-state index in [1.165, 1.54) is 24.0 Å². The summed E-state index contributed by atoms with van der Waals surface area (Å²) in [6.45, 7) is 6.67. The quantitative estimate of drug-likeness (QED) is 0.605. The van der Waals surface area contributed by atoms with Gasteiger partial charge in [-0.2, -0.15) is 0 Å². The highest BCUT2D eigenvalue weighted by atomic mass is 16.5. The number of benzene rings is 1.